The molecule has 0 N–H and O–H groups in total. The molecule has 46 heavy (non-hydrogen) atoms. The Bertz CT molecular complexity index is 1400. The van der Waals surface area contributed by atoms with Gasteiger partial charge in [0.15, 0.2) is 0 Å². The van der Waals surface area contributed by atoms with Gasteiger partial charge in [0.2, 0.25) is 0 Å². The van der Waals surface area contributed by atoms with E-state index in [1.807, 2.05) is 96.1 Å². The first-order valence-electron chi connectivity index (χ1n) is 14.8. The van der Waals surface area contributed by atoms with E-state index in [0.717, 1.165) is 28.6 Å². The normalized spacial score (nSPS) is 9.74. The van der Waals surface area contributed by atoms with E-state index in [1.54, 1.807) is 22.5 Å². The van der Waals surface area contributed by atoms with Crippen molar-refractivity contribution in [2.24, 2.45) is 28.2 Å². The molecule has 0 bridgehead atoms. The van der Waals surface area contributed by atoms with Gasteiger partial charge in [-0.2, -0.15) is 13.8 Å². The molecule has 0 amide bonds. The Kier molecular flexibility index (Phi) is 16.9. The largest absolute Gasteiger partial charge is 0.338 e. The van der Waals surface area contributed by atoms with Gasteiger partial charge in [0.25, 0.3) is 0 Å². The zero-order valence-corrected chi connectivity index (χ0v) is 32.1. The minimum absolute atomic E-state index is 0.944. The van der Waals surface area contributed by atoms with Gasteiger partial charge in [-0.05, 0) is 123 Å². The van der Waals surface area contributed by atoms with Crippen LogP contribution in [0.4, 0.5) is 0 Å². The Morgan fingerprint density at radius 3 is 1.37 bits per heavy atom. The Hall–Kier alpha value is -4.04. The predicted molar refractivity (Wildman–Crippen MR) is 189 cm³/mol. The van der Waals surface area contributed by atoms with Crippen LogP contribution in [0.2, 0.25) is 0 Å². The van der Waals surface area contributed by atoms with Crippen LogP contribution in [0.25, 0.3) is 0 Å². The Morgan fingerprint density at radius 2 is 1.24 bits per heavy atom. The lowest BCUT2D eigenvalue weighted by atomic mass is 10.2. The predicted octanol–water partition coefficient (Wildman–Crippen LogP) is 6.46. The fourth-order valence-corrected chi connectivity index (χ4v) is 4.31. The van der Waals surface area contributed by atoms with E-state index in [0.29, 0.717) is 0 Å². The summed E-state index contributed by atoms with van der Waals surface area (Å²) < 4.78 is 15.7. The molecular formula is C32H52N12S2. The summed E-state index contributed by atoms with van der Waals surface area (Å²) in [6, 6.07) is 0. The first-order chi connectivity index (χ1) is 21.5. The number of rotatable bonds is 0. The van der Waals surface area contributed by atoms with E-state index in [-0.39, 0.29) is 0 Å². The van der Waals surface area contributed by atoms with Crippen LogP contribution in [0, 0.1) is 83.1 Å². The van der Waals surface area contributed by atoms with E-state index in [1.165, 1.54) is 50.2 Å². The second-order valence-corrected chi connectivity index (χ2v) is 12.6. The molecule has 0 fully saturated rings. The van der Waals surface area contributed by atoms with E-state index < -0.39 is 0 Å². The highest BCUT2D eigenvalue weighted by Crippen LogP contribution is 2.14. The smallest absolute Gasteiger partial charge is 0.129 e. The van der Waals surface area contributed by atoms with Crippen LogP contribution < -0.4 is 0 Å². The lowest BCUT2D eigenvalue weighted by Crippen LogP contribution is -1.92. The third-order valence-electron chi connectivity index (χ3n) is 7.61. The van der Waals surface area contributed by atoms with E-state index in [2.05, 4.69) is 86.3 Å². The third-order valence-corrected chi connectivity index (χ3v) is 9.40. The molecule has 0 aliphatic heterocycles. The summed E-state index contributed by atoms with van der Waals surface area (Å²) in [7, 11) is 7.74. The maximum atomic E-state index is 4.16. The number of aryl methyl sites for hydroxylation is 12. The van der Waals surface area contributed by atoms with Crippen molar-refractivity contribution in [2.75, 3.05) is 0 Å². The summed E-state index contributed by atoms with van der Waals surface area (Å²) in [5, 5.41) is 21.1. The molecule has 0 spiro atoms. The molecule has 6 aromatic rings. The van der Waals surface area contributed by atoms with Crippen molar-refractivity contribution >= 4 is 23.1 Å². The minimum atomic E-state index is 0.944. The van der Waals surface area contributed by atoms with Crippen molar-refractivity contribution in [2.45, 2.75) is 83.1 Å². The van der Waals surface area contributed by atoms with Crippen LogP contribution in [0.15, 0.2) is 24.2 Å². The van der Waals surface area contributed by atoms with Crippen molar-refractivity contribution in [3.8, 4) is 0 Å². The second-order valence-electron chi connectivity index (χ2n) is 11.0. The van der Waals surface area contributed by atoms with Crippen molar-refractivity contribution in [1.82, 2.24) is 57.8 Å². The molecule has 0 saturated carbocycles. The molecule has 0 aliphatic carbocycles. The van der Waals surface area contributed by atoms with Crippen molar-refractivity contribution < 1.29 is 0 Å². The SMILES string of the molecule is Cc1cnn(C)c1C.Cc1csnc1C.Cc1ncn(C)c1C.Cc1nncn1C.Cc1nnn(C)c1C.Cc1nsc(C)c1C. The van der Waals surface area contributed by atoms with E-state index in [9.17, 15) is 0 Å². The molecule has 0 radical (unpaired) electrons. The van der Waals surface area contributed by atoms with E-state index >= 15 is 0 Å². The molecule has 0 aliphatic rings. The van der Waals surface area contributed by atoms with E-state index in [4.69, 9.17) is 0 Å². The summed E-state index contributed by atoms with van der Waals surface area (Å²) in [6.45, 7) is 24.4. The molecule has 14 heteroatoms. The number of aromatic nitrogens is 12. The van der Waals surface area contributed by atoms with Gasteiger partial charge < -0.3 is 9.13 Å². The van der Waals surface area contributed by atoms with Crippen LogP contribution in [-0.4, -0.2) is 57.8 Å². The van der Waals surface area contributed by atoms with Crippen LogP contribution in [0.3, 0.4) is 0 Å². The fourth-order valence-electron chi connectivity index (χ4n) is 2.94. The van der Waals surface area contributed by atoms with Gasteiger partial charge in [-0.25, -0.2) is 4.98 Å². The van der Waals surface area contributed by atoms with Gasteiger partial charge in [0.1, 0.15) is 12.2 Å². The molecule has 0 unspecified atom stereocenters. The molecule has 6 aromatic heterocycles. The molecule has 12 nitrogen and oxygen atoms in total. The van der Waals surface area contributed by atoms with Gasteiger partial charge in [0, 0.05) is 49.8 Å². The molecule has 6 heterocycles. The topological polar surface area (TPSA) is 123 Å². The van der Waals surface area contributed by atoms with Gasteiger partial charge in [0.05, 0.1) is 41.0 Å². The van der Waals surface area contributed by atoms with Crippen LogP contribution in [-0.2, 0) is 28.2 Å². The number of hydrogen-bond acceptors (Lipinski definition) is 10. The van der Waals surface area contributed by atoms with Gasteiger partial charge in [-0.3, -0.25) is 9.36 Å². The maximum absolute atomic E-state index is 4.16. The highest BCUT2D eigenvalue weighted by molar-refractivity contribution is 7.05. The lowest BCUT2D eigenvalue weighted by Gasteiger charge is -1.90. The average molecular weight is 669 g/mol. The quantitative estimate of drug-likeness (QED) is 0.181. The average Bonchev–Trinajstić information content (AvgIpc) is 3.87. The summed E-state index contributed by atoms with van der Waals surface area (Å²) in [6.07, 6.45) is 5.37. The third kappa shape index (κ3) is 13.1. The van der Waals surface area contributed by atoms with Crippen LogP contribution in [0.1, 0.15) is 67.2 Å². The summed E-state index contributed by atoms with van der Waals surface area (Å²) >= 11 is 3.10. The monoisotopic (exact) mass is 668 g/mol. The Morgan fingerprint density at radius 1 is 0.587 bits per heavy atom. The molecule has 0 atom stereocenters. The molecule has 0 saturated heterocycles. The van der Waals surface area contributed by atoms with Crippen LogP contribution in [0.5, 0.6) is 0 Å². The first kappa shape index (κ1) is 40.0. The highest BCUT2D eigenvalue weighted by atomic mass is 32.1. The summed E-state index contributed by atoms with van der Waals surface area (Å²) in [4.78, 5) is 5.41. The second kappa shape index (κ2) is 19.5. The highest BCUT2D eigenvalue weighted by Gasteiger charge is 1.98. The van der Waals surface area contributed by atoms with Gasteiger partial charge in [-0.15, -0.1) is 15.3 Å². The zero-order valence-electron chi connectivity index (χ0n) is 30.5. The van der Waals surface area contributed by atoms with Gasteiger partial charge in [-0.1, -0.05) is 5.21 Å². The molecule has 0 aromatic carbocycles. The minimum Gasteiger partial charge on any atom is -0.338 e. The Balaban J connectivity index is 0.000000276. The molecule has 6 rings (SSSR count). The number of hydrogen-bond donors (Lipinski definition) is 0. The summed E-state index contributed by atoms with van der Waals surface area (Å²) in [5.41, 5.74) is 12.0. The fraction of sp³-hybridized carbons (Fsp3) is 0.500. The van der Waals surface area contributed by atoms with Gasteiger partial charge >= 0.3 is 0 Å². The molecular weight excluding hydrogens is 617 g/mol. The molecule has 252 valence electrons. The maximum Gasteiger partial charge on any atom is 0.129 e. The Labute approximate surface area is 282 Å². The number of imidazole rings is 1. The standard InChI is InChI=1S/2C6H10N2.C6H9NS.C5H9N3.C5H7NS.C4H7N3/c1-5-6(2)8(3)4-7-5;1-5-4-7-8(3)6(5)2;1-4-5(2)7-8-6(4)3;1-4-5(2)8(3)7-6-4;1-4-3-7-6-5(4)2;1-4-6-5-3-7(4)2/h2*4H,1-3H3;2*1-3H3;2*3H,1-2H3. The zero-order chi connectivity index (χ0) is 35.1. The lowest BCUT2D eigenvalue weighted by molar-refractivity contribution is 0.696. The summed E-state index contributed by atoms with van der Waals surface area (Å²) in [5.74, 6) is 0.944. The first-order valence-corrected chi connectivity index (χ1v) is 16.4. The number of nitrogens with zero attached hydrogens (tertiary/aromatic N) is 12. The van der Waals surface area contributed by atoms with Crippen molar-refractivity contribution in [3.63, 3.8) is 0 Å². The van der Waals surface area contributed by atoms with Crippen molar-refractivity contribution in [1.29, 1.82) is 0 Å². The van der Waals surface area contributed by atoms with Crippen molar-refractivity contribution in [3.05, 3.63) is 91.5 Å². The van der Waals surface area contributed by atoms with Crippen LogP contribution >= 0.6 is 23.1 Å².